The summed E-state index contributed by atoms with van der Waals surface area (Å²) in [6.45, 7) is -1.94. The van der Waals surface area contributed by atoms with Crippen LogP contribution in [-0.2, 0) is 54.1 Å². The Bertz CT molecular complexity index is 2000. The van der Waals surface area contributed by atoms with E-state index in [1.807, 2.05) is 182 Å². The number of aliphatic hydroxyl groups excluding tert-OH is 1. The Morgan fingerprint density at radius 3 is 0.983 bits per heavy atom. The fourth-order valence-corrected chi connectivity index (χ4v) is 7.07. The molecule has 0 aliphatic carbocycles. The maximum atomic E-state index is 12.7. The Morgan fingerprint density at radius 1 is 0.424 bits per heavy atom. The van der Waals surface area contributed by atoms with Gasteiger partial charge in [0.15, 0.2) is 25.1 Å². The van der Waals surface area contributed by atoms with Gasteiger partial charge in [-0.25, -0.2) is 0 Å². The van der Waals surface area contributed by atoms with Gasteiger partial charge >= 0.3 is 0 Å². The fraction of sp³-hybridized carbons (Fsp3) is 0.184. The van der Waals surface area contributed by atoms with E-state index < -0.39 is 48.7 Å². The van der Waals surface area contributed by atoms with E-state index in [-0.39, 0.29) is 19.2 Å². The largest absolute Gasteiger partial charge is 0.390 e. The molecule has 0 saturated heterocycles. The van der Waals surface area contributed by atoms with E-state index >= 15 is 0 Å². The standard InChI is InChI=1S/C49H44O10/c50-31-44(34-55-48(38-19-7-1-8-20-38,39-21-9-2-10-22-39)40-23-11-3-12-24-40)57-46(33-52)59-47(36-53,37-54)58-45(32-51)35-56-49(41-25-13-4-14-26-41,42-27-15-5-16-28-42)43-29-17-6-18-30-43/h1-33,36,44-46,54H,34-35,37H2/t44-,45-,46+,47+/m0/s1. The van der Waals surface area contributed by atoms with Crippen molar-refractivity contribution >= 4 is 25.1 Å². The van der Waals surface area contributed by atoms with Gasteiger partial charge in [0.2, 0.25) is 6.29 Å². The molecule has 10 heteroatoms. The average Bonchev–Trinajstić information content (AvgIpc) is 3.32. The number of carbonyl (C=O) groups excluding carboxylic acids is 4. The highest BCUT2D eigenvalue weighted by molar-refractivity contribution is 5.64. The van der Waals surface area contributed by atoms with Crippen LogP contribution in [0.1, 0.15) is 33.4 Å². The van der Waals surface area contributed by atoms with Crippen LogP contribution in [0.2, 0.25) is 0 Å². The van der Waals surface area contributed by atoms with E-state index in [1.165, 1.54) is 0 Å². The molecule has 6 rings (SSSR count). The lowest BCUT2D eigenvalue weighted by molar-refractivity contribution is -0.304. The second-order valence-corrected chi connectivity index (χ2v) is 13.5. The number of hydrogen-bond acceptors (Lipinski definition) is 10. The Hall–Kier alpha value is -6.24. The van der Waals surface area contributed by atoms with Crippen molar-refractivity contribution in [2.24, 2.45) is 0 Å². The highest BCUT2D eigenvalue weighted by Crippen LogP contribution is 2.42. The summed E-state index contributed by atoms with van der Waals surface area (Å²) >= 11 is 0. The van der Waals surface area contributed by atoms with Crippen LogP contribution in [0.25, 0.3) is 0 Å². The molecule has 0 heterocycles. The molecule has 0 bridgehead atoms. The van der Waals surface area contributed by atoms with Crippen molar-refractivity contribution in [1.29, 1.82) is 0 Å². The summed E-state index contributed by atoms with van der Waals surface area (Å²) in [5.41, 5.74) is 2.04. The third-order valence-corrected chi connectivity index (χ3v) is 9.80. The number of benzene rings is 6. The second kappa shape index (κ2) is 20.4. The lowest BCUT2D eigenvalue weighted by Crippen LogP contribution is -2.50. The van der Waals surface area contributed by atoms with Gasteiger partial charge in [0.25, 0.3) is 5.79 Å². The third kappa shape index (κ3) is 9.56. The van der Waals surface area contributed by atoms with Crippen LogP contribution in [0.3, 0.4) is 0 Å². The topological polar surface area (TPSA) is 135 Å². The van der Waals surface area contributed by atoms with Crippen LogP contribution >= 0.6 is 0 Å². The third-order valence-electron chi connectivity index (χ3n) is 9.80. The number of aliphatic hydroxyl groups is 1. The normalized spacial score (nSPS) is 14.3. The van der Waals surface area contributed by atoms with Crippen molar-refractivity contribution in [3.8, 4) is 0 Å². The lowest BCUT2D eigenvalue weighted by Gasteiger charge is -2.38. The zero-order chi connectivity index (χ0) is 41.4. The van der Waals surface area contributed by atoms with E-state index in [0.717, 1.165) is 33.4 Å². The summed E-state index contributed by atoms with van der Waals surface area (Å²) in [6.07, 6.45) is -3.72. The van der Waals surface area contributed by atoms with Crippen LogP contribution in [0.15, 0.2) is 182 Å². The Balaban J connectivity index is 1.23. The molecule has 0 aromatic heterocycles. The van der Waals surface area contributed by atoms with Crippen LogP contribution in [0, 0.1) is 0 Å². The number of ether oxygens (including phenoxy) is 5. The van der Waals surface area contributed by atoms with Crippen molar-refractivity contribution in [1.82, 2.24) is 0 Å². The van der Waals surface area contributed by atoms with Gasteiger partial charge in [0.1, 0.15) is 30.0 Å². The first-order valence-corrected chi connectivity index (χ1v) is 19.0. The summed E-state index contributed by atoms with van der Waals surface area (Å²) in [7, 11) is 0. The predicted molar refractivity (Wildman–Crippen MR) is 219 cm³/mol. The number of rotatable bonds is 23. The molecule has 0 saturated carbocycles. The first-order chi connectivity index (χ1) is 29.0. The zero-order valence-electron chi connectivity index (χ0n) is 32.1. The average molecular weight is 793 g/mol. The van der Waals surface area contributed by atoms with Crippen molar-refractivity contribution in [2.45, 2.75) is 35.5 Å². The molecule has 6 aromatic carbocycles. The summed E-state index contributed by atoms with van der Waals surface area (Å²) in [5, 5.41) is 10.5. The highest BCUT2D eigenvalue weighted by Gasteiger charge is 2.43. The molecule has 0 fully saturated rings. The minimum Gasteiger partial charge on any atom is -0.390 e. The van der Waals surface area contributed by atoms with Crippen LogP contribution < -0.4 is 0 Å². The summed E-state index contributed by atoms with van der Waals surface area (Å²) in [5.74, 6) is -2.59. The molecule has 0 aliphatic heterocycles. The van der Waals surface area contributed by atoms with Crippen molar-refractivity contribution in [3.05, 3.63) is 215 Å². The maximum absolute atomic E-state index is 12.7. The van der Waals surface area contributed by atoms with E-state index in [0.29, 0.717) is 12.6 Å². The van der Waals surface area contributed by atoms with Gasteiger partial charge in [-0.1, -0.05) is 182 Å². The van der Waals surface area contributed by atoms with Gasteiger partial charge in [-0.3, -0.25) is 9.59 Å². The molecule has 300 valence electrons. The first kappa shape index (κ1) is 42.4. The lowest BCUT2D eigenvalue weighted by atomic mass is 9.80. The van der Waals surface area contributed by atoms with Gasteiger partial charge in [0.05, 0.1) is 13.2 Å². The number of hydrogen-bond donors (Lipinski definition) is 1. The van der Waals surface area contributed by atoms with Gasteiger partial charge in [0, 0.05) is 0 Å². The second-order valence-electron chi connectivity index (χ2n) is 13.5. The minimum absolute atomic E-state index is 0.111. The Labute approximate surface area is 342 Å². The van der Waals surface area contributed by atoms with Crippen LogP contribution in [0.5, 0.6) is 0 Å². The molecule has 0 spiro atoms. The van der Waals surface area contributed by atoms with Gasteiger partial charge in [-0.2, -0.15) is 0 Å². The smallest absolute Gasteiger partial charge is 0.253 e. The van der Waals surface area contributed by atoms with Crippen molar-refractivity contribution in [3.63, 3.8) is 0 Å². The fourth-order valence-electron chi connectivity index (χ4n) is 7.07. The quantitative estimate of drug-likeness (QED) is 0.0430. The molecule has 0 radical (unpaired) electrons. The SMILES string of the molecule is O=C[C@H](O[C@@H](C=O)COC(c1ccccc1)(c1ccccc1)c1ccccc1)O[C@](C=O)(CO)O[C@@H](C=O)COC(c1ccccc1)(c1ccccc1)c1ccccc1. The van der Waals surface area contributed by atoms with Crippen LogP contribution in [-0.4, -0.2) is 74.4 Å². The minimum atomic E-state index is -2.59. The Morgan fingerprint density at radius 2 is 0.729 bits per heavy atom. The first-order valence-electron chi connectivity index (χ1n) is 19.0. The summed E-state index contributed by atoms with van der Waals surface area (Å²) in [4.78, 5) is 50.3. The van der Waals surface area contributed by atoms with E-state index in [9.17, 15) is 24.3 Å². The number of aldehydes is 4. The van der Waals surface area contributed by atoms with Gasteiger partial charge < -0.3 is 38.4 Å². The molecule has 4 atom stereocenters. The molecule has 0 aliphatic rings. The van der Waals surface area contributed by atoms with Crippen LogP contribution in [0.4, 0.5) is 0 Å². The molecule has 1 N–H and O–H groups in total. The summed E-state index contributed by atoms with van der Waals surface area (Å²) in [6, 6.07) is 56.5. The predicted octanol–water partition coefficient (Wildman–Crippen LogP) is 6.60. The zero-order valence-corrected chi connectivity index (χ0v) is 32.1. The molecule has 10 nitrogen and oxygen atoms in total. The van der Waals surface area contributed by atoms with Gasteiger partial charge in [-0.05, 0) is 33.4 Å². The van der Waals surface area contributed by atoms with Gasteiger partial charge in [-0.15, -0.1) is 0 Å². The van der Waals surface area contributed by atoms with E-state index in [4.69, 9.17) is 23.7 Å². The number of carbonyl (C=O) groups is 4. The Kier molecular flexibility index (Phi) is 14.7. The van der Waals surface area contributed by atoms with Crippen molar-refractivity contribution < 1.29 is 48.0 Å². The molecule has 0 amide bonds. The van der Waals surface area contributed by atoms with E-state index in [2.05, 4.69) is 0 Å². The molecular formula is C49H44O10. The molecule has 59 heavy (non-hydrogen) atoms. The molecular weight excluding hydrogens is 749 g/mol. The maximum Gasteiger partial charge on any atom is 0.253 e. The summed E-state index contributed by atoms with van der Waals surface area (Å²) < 4.78 is 30.6. The van der Waals surface area contributed by atoms with E-state index in [1.54, 1.807) is 0 Å². The van der Waals surface area contributed by atoms with Crippen molar-refractivity contribution in [2.75, 3.05) is 19.8 Å². The highest BCUT2D eigenvalue weighted by atomic mass is 16.8. The molecule has 0 unspecified atom stereocenters. The molecule has 6 aromatic rings. The monoisotopic (exact) mass is 792 g/mol.